The van der Waals surface area contributed by atoms with Gasteiger partial charge in [0, 0.05) is 14.1 Å². The fourth-order valence-electron chi connectivity index (χ4n) is 3.80. The zero-order valence-corrected chi connectivity index (χ0v) is 24.9. The van der Waals surface area contributed by atoms with Crippen molar-refractivity contribution in [2.24, 2.45) is 14.1 Å². The van der Waals surface area contributed by atoms with Crippen LogP contribution in [0.25, 0.3) is 38.3 Å². The predicted molar refractivity (Wildman–Crippen MR) is 166 cm³/mol. The zero-order valence-electron chi connectivity index (χ0n) is 24.9. The van der Waals surface area contributed by atoms with Gasteiger partial charge in [0.1, 0.15) is 40.1 Å². The molecule has 7 heterocycles. The summed E-state index contributed by atoms with van der Waals surface area (Å²) >= 11 is 0. The van der Waals surface area contributed by atoms with Crippen molar-refractivity contribution in [1.29, 1.82) is 0 Å². The smallest absolute Gasteiger partial charge is 0.271 e. The van der Waals surface area contributed by atoms with Crippen LogP contribution < -0.4 is 22.9 Å². The quantitative estimate of drug-likeness (QED) is 0.135. The summed E-state index contributed by atoms with van der Waals surface area (Å²) in [6.45, 7) is 13.8. The van der Waals surface area contributed by atoms with E-state index in [0.717, 1.165) is 17.1 Å². The number of imidazole rings is 4. The van der Waals surface area contributed by atoms with Crippen LogP contribution in [0.2, 0.25) is 0 Å². The highest BCUT2D eigenvalue weighted by Crippen LogP contribution is 2.17. The number of aryl methyl sites for hydroxylation is 6. The zero-order chi connectivity index (χ0) is 32.1. The maximum absolute atomic E-state index is 6.47. The number of nitrogens with two attached hydrogens (primary N) is 4. The molecule has 0 aromatic carbocycles. The maximum Gasteiger partial charge on any atom is 0.271 e. The van der Waals surface area contributed by atoms with Gasteiger partial charge >= 0.3 is 0 Å². The van der Waals surface area contributed by atoms with Crippen LogP contribution in [0.3, 0.4) is 0 Å². The Bertz CT molecular complexity index is 2110. The summed E-state index contributed by atoms with van der Waals surface area (Å²) in [4.78, 5) is 48.9. The molecule has 7 aromatic rings. The van der Waals surface area contributed by atoms with Gasteiger partial charge in [-0.15, -0.1) is 0 Å². The lowest BCUT2D eigenvalue weighted by Gasteiger charge is -1.98. The number of aromatic amines is 2. The average molecular weight is 598 g/mol. The van der Waals surface area contributed by atoms with Gasteiger partial charge in [0.25, 0.3) is 5.82 Å². The number of fused-ring (bicyclic) bond motifs is 3. The largest absolute Gasteiger partial charge is 0.391 e. The summed E-state index contributed by atoms with van der Waals surface area (Å²) in [5.74, 6) is 4.79. The molecule has 0 saturated heterocycles. The minimum atomic E-state index is 0.264. The Labute approximate surface area is 250 Å². The molecule has 7 aromatic heterocycles. The number of anilines is 4. The van der Waals surface area contributed by atoms with Gasteiger partial charge in [-0.05, 0) is 27.7 Å². The molecule has 44 heavy (non-hydrogen) atoms. The van der Waals surface area contributed by atoms with Crippen LogP contribution in [0, 0.1) is 34.3 Å². The molecule has 0 spiro atoms. The van der Waals surface area contributed by atoms with E-state index in [4.69, 9.17) is 29.5 Å². The number of rotatable bonds is 0. The van der Waals surface area contributed by atoms with Crippen LogP contribution in [0.5, 0.6) is 0 Å². The minimum Gasteiger partial charge on any atom is -0.391 e. The maximum atomic E-state index is 6.47. The number of hydrogen-bond acceptors (Lipinski definition) is 14. The first-order valence-electron chi connectivity index (χ1n) is 12.8. The summed E-state index contributed by atoms with van der Waals surface area (Å²) in [5.41, 5.74) is 26.4. The number of aromatic nitrogens is 14. The van der Waals surface area contributed by atoms with Crippen molar-refractivity contribution in [3.8, 4) is 0 Å². The van der Waals surface area contributed by atoms with Gasteiger partial charge in [-0.25, -0.2) is 49.8 Å². The minimum absolute atomic E-state index is 0.264. The third-order valence-electron chi connectivity index (χ3n) is 5.96. The topological polar surface area (TPSA) is 279 Å². The monoisotopic (exact) mass is 597 g/mol. The van der Waals surface area contributed by atoms with Crippen molar-refractivity contribution in [2.75, 3.05) is 22.9 Å². The number of nitrogens with one attached hydrogen (secondary N) is 2. The average Bonchev–Trinajstić information content (AvgIpc) is 3.75. The molecule has 226 valence electrons. The number of H-pyrrole nitrogens is 2. The van der Waals surface area contributed by atoms with Gasteiger partial charge in [0.05, 0.1) is 12.7 Å². The SMILES string of the molecule is Cc1nc(N)c2[nH]cnc2n1.Cc1nc(N)c2nc(C)n(C)c2n1.Cc1nc(N)c2ncn(C)c2n1.[C-]#[N+]c1[nH]cnc1N. The summed E-state index contributed by atoms with van der Waals surface area (Å²) in [7, 11) is 3.79. The lowest BCUT2D eigenvalue weighted by molar-refractivity contribution is 0.869. The number of nitrogen functional groups attached to an aromatic ring is 4. The first-order chi connectivity index (χ1) is 20.9. The lowest BCUT2D eigenvalue weighted by atomic mass is 10.5. The summed E-state index contributed by atoms with van der Waals surface area (Å²) in [6, 6.07) is 0. The number of nitrogens with zero attached hydrogens (tertiary/aromatic N) is 13. The highest BCUT2D eigenvalue weighted by Gasteiger charge is 2.10. The van der Waals surface area contributed by atoms with Crippen LogP contribution in [-0.2, 0) is 14.1 Å². The molecule has 10 N–H and O–H groups in total. The van der Waals surface area contributed by atoms with Crippen molar-refractivity contribution in [2.45, 2.75) is 27.7 Å². The van der Waals surface area contributed by atoms with Crippen molar-refractivity contribution < 1.29 is 0 Å². The van der Waals surface area contributed by atoms with E-state index in [9.17, 15) is 0 Å². The van der Waals surface area contributed by atoms with E-state index in [1.807, 2.05) is 44.0 Å². The molecule has 0 unspecified atom stereocenters. The fourth-order valence-corrected chi connectivity index (χ4v) is 3.80. The molecule has 0 fully saturated rings. The molecule has 0 radical (unpaired) electrons. The second-order valence-corrected chi connectivity index (χ2v) is 9.24. The molecule has 0 amide bonds. The van der Waals surface area contributed by atoms with E-state index >= 15 is 0 Å². The van der Waals surface area contributed by atoms with Crippen molar-refractivity contribution in [1.82, 2.24) is 68.9 Å². The van der Waals surface area contributed by atoms with Gasteiger partial charge in [0.15, 0.2) is 46.2 Å². The van der Waals surface area contributed by atoms with E-state index in [0.29, 0.717) is 62.9 Å². The second kappa shape index (κ2) is 12.6. The van der Waals surface area contributed by atoms with Gasteiger partial charge < -0.3 is 41.9 Å². The molecule has 19 heteroatoms. The van der Waals surface area contributed by atoms with Crippen LogP contribution in [0.4, 0.5) is 29.1 Å². The first kappa shape index (κ1) is 30.5. The van der Waals surface area contributed by atoms with Crippen molar-refractivity contribution in [3.05, 3.63) is 53.7 Å². The van der Waals surface area contributed by atoms with Crippen LogP contribution >= 0.6 is 0 Å². The lowest BCUT2D eigenvalue weighted by Crippen LogP contribution is -1.99. The van der Waals surface area contributed by atoms with Crippen LogP contribution in [-0.4, -0.2) is 68.9 Å². The Kier molecular flexibility index (Phi) is 8.74. The van der Waals surface area contributed by atoms with Gasteiger partial charge in [-0.2, -0.15) is 0 Å². The van der Waals surface area contributed by atoms with E-state index in [1.165, 1.54) is 6.33 Å². The van der Waals surface area contributed by atoms with Crippen LogP contribution in [0.1, 0.15) is 23.3 Å². The predicted octanol–water partition coefficient (Wildman–Crippen LogP) is 1.60. The first-order valence-corrected chi connectivity index (χ1v) is 12.8. The molecule has 0 aliphatic rings. The van der Waals surface area contributed by atoms with E-state index < -0.39 is 0 Å². The Morgan fingerprint density at radius 3 is 1.86 bits per heavy atom. The van der Waals surface area contributed by atoms with Gasteiger partial charge in [-0.1, -0.05) is 6.57 Å². The third kappa shape index (κ3) is 6.54. The highest BCUT2D eigenvalue weighted by molar-refractivity contribution is 5.82. The van der Waals surface area contributed by atoms with E-state index in [-0.39, 0.29) is 5.82 Å². The van der Waals surface area contributed by atoms with E-state index in [2.05, 4.69) is 64.7 Å². The molecule has 19 nitrogen and oxygen atoms in total. The van der Waals surface area contributed by atoms with Crippen molar-refractivity contribution >= 4 is 62.6 Å². The number of hydrogen-bond donors (Lipinski definition) is 6. The summed E-state index contributed by atoms with van der Waals surface area (Å²) in [6.07, 6.45) is 4.62. The van der Waals surface area contributed by atoms with Crippen LogP contribution in [0.15, 0.2) is 19.0 Å². The summed E-state index contributed by atoms with van der Waals surface area (Å²) < 4.78 is 3.72. The molecule has 0 aliphatic carbocycles. The second-order valence-electron chi connectivity index (χ2n) is 9.24. The fraction of sp³-hybridized carbons (Fsp3) is 0.240. The molecular weight excluding hydrogens is 566 g/mol. The molecule has 0 aliphatic heterocycles. The Hall–Kier alpha value is -6.45. The molecule has 7 rings (SSSR count). The Balaban J connectivity index is 0.000000136. The Morgan fingerprint density at radius 1 is 0.659 bits per heavy atom. The van der Waals surface area contributed by atoms with Gasteiger partial charge in [-0.3, -0.25) is 4.98 Å². The molecular formula is C25H31N19. The normalized spacial score (nSPS) is 10.4. The molecule has 0 bridgehead atoms. The Morgan fingerprint density at radius 2 is 1.25 bits per heavy atom. The van der Waals surface area contributed by atoms with E-state index in [1.54, 1.807) is 19.6 Å². The highest BCUT2D eigenvalue weighted by atomic mass is 15.1. The molecule has 0 atom stereocenters. The summed E-state index contributed by atoms with van der Waals surface area (Å²) in [5, 5.41) is 0. The van der Waals surface area contributed by atoms with Gasteiger partial charge in [0.2, 0.25) is 0 Å². The standard InChI is InChI=1S/C8H11N5.C7H9N5.C6H7N5.C4H4N4/c1-4-10-7(9)6-8(11-4)13(3)5(2)12-6;1-4-10-6(8)5-7(11-4)12(2)3-9-5;1-3-10-5(7)4-6(11-3)9-2-8-4;1-6-4-3(5)7-2-8-4/h1-3H3,(H2,9,10,11);3H,1-2H3,(H2,8,10,11);2H,1H3,(H3,7,8,9,10,11);2H,5H2,(H,7,8). The third-order valence-corrected chi connectivity index (χ3v) is 5.96. The van der Waals surface area contributed by atoms with Crippen molar-refractivity contribution in [3.63, 3.8) is 0 Å². The molecule has 0 saturated carbocycles.